The lowest BCUT2D eigenvalue weighted by molar-refractivity contribution is -0.136. The van der Waals surface area contributed by atoms with E-state index in [1.54, 1.807) is 10.9 Å². The third kappa shape index (κ3) is 2.87. The molecule has 3 atom stereocenters. The van der Waals surface area contributed by atoms with Gasteiger partial charge in [0.1, 0.15) is 12.4 Å². The summed E-state index contributed by atoms with van der Waals surface area (Å²) in [4.78, 5) is 17.8. The molecule has 0 spiro atoms. The molecular weight excluding hydrogens is 343 g/mol. The third-order valence-electron chi connectivity index (χ3n) is 6.67. The summed E-state index contributed by atoms with van der Waals surface area (Å²) >= 11 is 0. The fourth-order valence-electron chi connectivity index (χ4n) is 5.49. The number of benzene rings is 1. The number of piperidine rings is 3. The molecule has 1 aromatic heterocycles. The van der Waals surface area contributed by atoms with Gasteiger partial charge in [0.2, 0.25) is 5.91 Å². The van der Waals surface area contributed by atoms with Gasteiger partial charge in [0.05, 0.1) is 12.2 Å². The third-order valence-corrected chi connectivity index (χ3v) is 6.67. The Hall–Kier alpha value is -2.21. The van der Waals surface area contributed by atoms with Crippen LogP contribution in [-0.4, -0.2) is 57.2 Å². The van der Waals surface area contributed by atoms with Crippen molar-refractivity contribution in [3.63, 3.8) is 0 Å². The molecule has 4 fully saturated rings. The standard InChI is InChI=1S/C21H25FN4O/c1-14-10-23-25(11-14)13-19(27)26-12-18(15-2-4-17(22)5-3-15)21-20(26)16-6-8-24(21)9-7-16/h2-5,10-11,16,18,20-21H,6-9,12-13H2,1H3/t18-,20+,21+/m1/s1. The summed E-state index contributed by atoms with van der Waals surface area (Å²) in [6, 6.07) is 7.49. The highest BCUT2D eigenvalue weighted by Gasteiger charge is 2.54. The van der Waals surface area contributed by atoms with Gasteiger partial charge in [-0.2, -0.15) is 5.10 Å². The molecule has 0 aliphatic carbocycles. The summed E-state index contributed by atoms with van der Waals surface area (Å²) in [5.41, 5.74) is 2.21. The Bertz CT molecular complexity index is 840. The highest BCUT2D eigenvalue weighted by atomic mass is 19.1. The van der Waals surface area contributed by atoms with Crippen molar-refractivity contribution in [3.8, 4) is 0 Å². The monoisotopic (exact) mass is 368 g/mol. The molecule has 1 amide bonds. The van der Waals surface area contributed by atoms with Crippen molar-refractivity contribution in [2.75, 3.05) is 19.6 Å². The molecule has 142 valence electrons. The quantitative estimate of drug-likeness (QED) is 0.836. The van der Waals surface area contributed by atoms with Crippen LogP contribution in [0, 0.1) is 18.7 Å². The minimum Gasteiger partial charge on any atom is -0.336 e. The van der Waals surface area contributed by atoms with E-state index in [0.717, 1.165) is 24.2 Å². The van der Waals surface area contributed by atoms with E-state index in [1.807, 2.05) is 25.3 Å². The Morgan fingerprint density at radius 3 is 2.59 bits per heavy atom. The number of likely N-dealkylation sites (tertiary alicyclic amines) is 1. The van der Waals surface area contributed by atoms with Gasteiger partial charge in [0.15, 0.2) is 0 Å². The van der Waals surface area contributed by atoms with Gasteiger partial charge in [-0.1, -0.05) is 12.1 Å². The first-order valence-corrected chi connectivity index (χ1v) is 9.88. The van der Waals surface area contributed by atoms with E-state index in [9.17, 15) is 9.18 Å². The van der Waals surface area contributed by atoms with Crippen LogP contribution < -0.4 is 0 Å². The summed E-state index contributed by atoms with van der Waals surface area (Å²) in [7, 11) is 0. The molecule has 4 aliphatic heterocycles. The number of carbonyl (C=O) groups is 1. The highest BCUT2D eigenvalue weighted by molar-refractivity contribution is 5.77. The molecule has 0 unspecified atom stereocenters. The molecule has 0 N–H and O–H groups in total. The van der Waals surface area contributed by atoms with Gasteiger partial charge in [-0.25, -0.2) is 4.39 Å². The van der Waals surface area contributed by atoms with E-state index in [0.29, 0.717) is 25.0 Å². The molecule has 27 heavy (non-hydrogen) atoms. The van der Waals surface area contributed by atoms with Crippen molar-refractivity contribution in [1.29, 1.82) is 0 Å². The zero-order chi connectivity index (χ0) is 18.5. The second-order valence-electron chi connectivity index (χ2n) is 8.27. The summed E-state index contributed by atoms with van der Waals surface area (Å²) in [6.07, 6.45) is 6.04. The van der Waals surface area contributed by atoms with Crippen LogP contribution in [0.1, 0.15) is 29.9 Å². The Morgan fingerprint density at radius 2 is 1.93 bits per heavy atom. The molecule has 4 aliphatic rings. The Morgan fingerprint density at radius 1 is 1.19 bits per heavy atom. The number of aryl methyl sites for hydroxylation is 1. The van der Waals surface area contributed by atoms with Crippen LogP contribution >= 0.6 is 0 Å². The molecule has 0 saturated carbocycles. The largest absolute Gasteiger partial charge is 0.336 e. The van der Waals surface area contributed by atoms with Crippen LogP contribution in [0.5, 0.6) is 0 Å². The first-order chi connectivity index (χ1) is 13.1. The number of fused-ring (bicyclic) bond motifs is 2. The number of rotatable bonds is 3. The summed E-state index contributed by atoms with van der Waals surface area (Å²) in [5.74, 6) is 0.767. The predicted octanol–water partition coefficient (Wildman–Crippen LogP) is 2.42. The van der Waals surface area contributed by atoms with Gasteiger partial charge < -0.3 is 4.90 Å². The van der Waals surface area contributed by atoms with Crippen LogP contribution in [-0.2, 0) is 11.3 Å². The van der Waals surface area contributed by atoms with E-state index < -0.39 is 0 Å². The highest BCUT2D eigenvalue weighted by Crippen LogP contribution is 2.46. The Kier molecular flexibility index (Phi) is 4.04. The van der Waals surface area contributed by atoms with Crippen LogP contribution in [0.25, 0.3) is 0 Å². The van der Waals surface area contributed by atoms with Crippen molar-refractivity contribution in [2.45, 2.75) is 44.3 Å². The lowest BCUT2D eigenvalue weighted by Gasteiger charge is -2.51. The van der Waals surface area contributed by atoms with Crippen LogP contribution in [0.15, 0.2) is 36.7 Å². The molecule has 0 radical (unpaired) electrons. The second-order valence-corrected chi connectivity index (χ2v) is 8.27. The maximum absolute atomic E-state index is 13.4. The lowest BCUT2D eigenvalue weighted by atomic mass is 9.75. The smallest absolute Gasteiger partial charge is 0.244 e. The Labute approximate surface area is 158 Å². The van der Waals surface area contributed by atoms with Gasteiger partial charge in [-0.3, -0.25) is 14.4 Å². The Balaban J connectivity index is 1.45. The van der Waals surface area contributed by atoms with Crippen molar-refractivity contribution >= 4 is 5.91 Å². The van der Waals surface area contributed by atoms with Gasteiger partial charge in [-0.05, 0) is 62.0 Å². The molecule has 5 nitrogen and oxygen atoms in total. The van der Waals surface area contributed by atoms with Crippen LogP contribution in [0.2, 0.25) is 0 Å². The zero-order valence-corrected chi connectivity index (χ0v) is 15.6. The minimum absolute atomic E-state index is 0.145. The number of halogens is 1. The van der Waals surface area contributed by atoms with Gasteiger partial charge in [-0.15, -0.1) is 0 Å². The molecule has 6 heteroatoms. The SMILES string of the molecule is Cc1cnn(CC(=O)N2C[C@H](c3ccc(F)cc3)[C@H]3[C@@H]2C2CCN3CC2)c1. The first-order valence-electron chi connectivity index (χ1n) is 9.88. The fourth-order valence-corrected chi connectivity index (χ4v) is 5.49. The van der Waals surface area contributed by atoms with Crippen molar-refractivity contribution in [1.82, 2.24) is 19.6 Å². The number of nitrogens with zero attached hydrogens (tertiary/aromatic N) is 4. The normalized spacial score (nSPS) is 31.9. The van der Waals surface area contributed by atoms with Gasteiger partial charge >= 0.3 is 0 Å². The zero-order valence-electron chi connectivity index (χ0n) is 15.6. The maximum Gasteiger partial charge on any atom is 0.244 e. The fraction of sp³-hybridized carbons (Fsp3) is 0.524. The van der Waals surface area contributed by atoms with Crippen molar-refractivity contribution in [3.05, 3.63) is 53.6 Å². The molecule has 6 rings (SSSR count). The summed E-state index contributed by atoms with van der Waals surface area (Å²) in [5, 5.41) is 4.28. The maximum atomic E-state index is 13.4. The number of aromatic nitrogens is 2. The average Bonchev–Trinajstić information content (AvgIpc) is 3.28. The topological polar surface area (TPSA) is 41.4 Å². The van der Waals surface area contributed by atoms with E-state index in [2.05, 4.69) is 14.9 Å². The van der Waals surface area contributed by atoms with Gasteiger partial charge in [0, 0.05) is 24.7 Å². The molecule has 2 aromatic rings. The average molecular weight is 368 g/mol. The van der Waals surface area contributed by atoms with E-state index in [-0.39, 0.29) is 23.7 Å². The minimum atomic E-state index is -0.208. The van der Waals surface area contributed by atoms with Gasteiger partial charge in [0.25, 0.3) is 0 Å². The van der Waals surface area contributed by atoms with E-state index in [4.69, 9.17) is 0 Å². The molecular formula is C21H25FN4O. The molecule has 2 bridgehead atoms. The molecule has 1 aromatic carbocycles. The number of hydrogen-bond donors (Lipinski definition) is 0. The predicted molar refractivity (Wildman–Crippen MR) is 99.7 cm³/mol. The molecule has 5 heterocycles. The van der Waals surface area contributed by atoms with E-state index >= 15 is 0 Å². The number of amides is 1. The second kappa shape index (κ2) is 6.44. The summed E-state index contributed by atoms with van der Waals surface area (Å²) in [6.45, 7) is 5.22. The van der Waals surface area contributed by atoms with E-state index in [1.165, 1.54) is 25.0 Å². The number of hydrogen-bond acceptors (Lipinski definition) is 3. The van der Waals surface area contributed by atoms with Crippen molar-refractivity contribution in [2.24, 2.45) is 5.92 Å². The van der Waals surface area contributed by atoms with Crippen molar-refractivity contribution < 1.29 is 9.18 Å². The molecule has 4 saturated heterocycles. The number of carbonyl (C=O) groups excluding carboxylic acids is 1. The van der Waals surface area contributed by atoms with Crippen LogP contribution in [0.4, 0.5) is 4.39 Å². The summed E-state index contributed by atoms with van der Waals surface area (Å²) < 4.78 is 15.2. The van der Waals surface area contributed by atoms with Crippen LogP contribution in [0.3, 0.4) is 0 Å². The first kappa shape index (κ1) is 16.9. The lowest BCUT2D eigenvalue weighted by Crippen LogP contribution is -2.61.